The Hall–Kier alpha value is -0.210. The minimum atomic E-state index is -3.37. The second kappa shape index (κ2) is 6.49. The summed E-state index contributed by atoms with van der Waals surface area (Å²) in [6.45, 7) is 3.75. The molecular formula is C12H25N3O3S. The van der Waals surface area contributed by atoms with Crippen molar-refractivity contribution >= 4 is 10.2 Å². The van der Waals surface area contributed by atoms with Gasteiger partial charge in [0.05, 0.1) is 0 Å². The van der Waals surface area contributed by atoms with Crippen molar-refractivity contribution in [1.29, 1.82) is 0 Å². The fourth-order valence-electron chi connectivity index (χ4n) is 2.99. The molecule has 112 valence electrons. The Balaban J connectivity index is 2.02. The van der Waals surface area contributed by atoms with Crippen LogP contribution in [-0.2, 0) is 10.2 Å². The monoisotopic (exact) mass is 291 g/mol. The summed E-state index contributed by atoms with van der Waals surface area (Å²) in [5.74, 6) is 0. The molecule has 2 heterocycles. The van der Waals surface area contributed by atoms with E-state index in [2.05, 4.69) is 4.90 Å². The van der Waals surface area contributed by atoms with Crippen molar-refractivity contribution in [2.24, 2.45) is 0 Å². The van der Waals surface area contributed by atoms with Crippen LogP contribution in [0.4, 0.5) is 0 Å². The Labute approximate surface area is 116 Å². The lowest BCUT2D eigenvalue weighted by Crippen LogP contribution is -2.46. The lowest BCUT2D eigenvalue weighted by atomic mass is 10.2. The highest BCUT2D eigenvalue weighted by Crippen LogP contribution is 2.23. The zero-order valence-corrected chi connectivity index (χ0v) is 12.5. The van der Waals surface area contributed by atoms with E-state index in [1.165, 1.54) is 10.7 Å². The number of hydrogen-bond acceptors (Lipinski definition) is 4. The van der Waals surface area contributed by atoms with Crippen LogP contribution in [0.3, 0.4) is 0 Å². The van der Waals surface area contributed by atoms with Gasteiger partial charge in [-0.25, -0.2) is 0 Å². The smallest absolute Gasteiger partial charge is 0.281 e. The zero-order valence-electron chi connectivity index (χ0n) is 11.7. The van der Waals surface area contributed by atoms with Crippen LogP contribution in [0.2, 0.25) is 0 Å². The summed E-state index contributed by atoms with van der Waals surface area (Å²) in [5, 5.41) is 8.82. The van der Waals surface area contributed by atoms with Gasteiger partial charge in [-0.05, 0) is 38.8 Å². The molecule has 0 radical (unpaired) electrons. The van der Waals surface area contributed by atoms with Crippen LogP contribution in [0.25, 0.3) is 0 Å². The third-order valence-corrected chi connectivity index (χ3v) is 6.07. The second-order valence-corrected chi connectivity index (χ2v) is 7.49. The van der Waals surface area contributed by atoms with Gasteiger partial charge in [-0.1, -0.05) is 0 Å². The van der Waals surface area contributed by atoms with Gasteiger partial charge in [0, 0.05) is 39.3 Å². The lowest BCUT2D eigenvalue weighted by molar-refractivity contribution is 0.250. The predicted molar refractivity (Wildman–Crippen MR) is 74.0 cm³/mol. The standard InChI is InChI=1S/C12H25N3O3S/c1-13(6-4-10-16)19(17,18)15-9-3-8-14-7-2-5-12(14)11-15/h12,16H,2-11H2,1H3. The fraction of sp³-hybridized carbons (Fsp3) is 1.00. The molecule has 1 unspecified atom stereocenters. The van der Waals surface area contributed by atoms with E-state index in [0.29, 0.717) is 32.1 Å². The van der Waals surface area contributed by atoms with E-state index in [4.69, 9.17) is 5.11 Å². The van der Waals surface area contributed by atoms with Crippen LogP contribution in [0.1, 0.15) is 25.7 Å². The summed E-state index contributed by atoms with van der Waals surface area (Å²) in [4.78, 5) is 2.42. The van der Waals surface area contributed by atoms with Crippen molar-refractivity contribution in [3.8, 4) is 0 Å². The molecular weight excluding hydrogens is 266 g/mol. The highest BCUT2D eigenvalue weighted by Gasteiger charge is 2.35. The molecule has 7 heteroatoms. The van der Waals surface area contributed by atoms with Crippen molar-refractivity contribution in [3.05, 3.63) is 0 Å². The summed E-state index contributed by atoms with van der Waals surface area (Å²) >= 11 is 0. The van der Waals surface area contributed by atoms with E-state index in [-0.39, 0.29) is 6.61 Å². The Morgan fingerprint density at radius 3 is 2.74 bits per heavy atom. The normalized spacial score (nSPS) is 26.6. The zero-order chi connectivity index (χ0) is 13.9. The number of aliphatic hydroxyl groups is 1. The molecule has 0 aromatic carbocycles. The SMILES string of the molecule is CN(CCCO)S(=O)(=O)N1CCCN2CCCC2C1. The molecule has 2 aliphatic rings. The summed E-state index contributed by atoms with van der Waals surface area (Å²) in [7, 11) is -1.77. The lowest BCUT2D eigenvalue weighted by Gasteiger charge is -2.28. The average Bonchev–Trinajstić information content (AvgIpc) is 2.72. The van der Waals surface area contributed by atoms with Gasteiger partial charge in [-0.3, -0.25) is 4.90 Å². The molecule has 0 spiro atoms. The first kappa shape index (κ1) is 15.2. The van der Waals surface area contributed by atoms with Gasteiger partial charge in [-0.2, -0.15) is 17.0 Å². The maximum Gasteiger partial charge on any atom is 0.281 e. The van der Waals surface area contributed by atoms with Gasteiger partial charge >= 0.3 is 0 Å². The van der Waals surface area contributed by atoms with E-state index in [9.17, 15) is 8.42 Å². The van der Waals surface area contributed by atoms with Crippen LogP contribution >= 0.6 is 0 Å². The van der Waals surface area contributed by atoms with E-state index in [0.717, 1.165) is 25.9 Å². The van der Waals surface area contributed by atoms with Crippen LogP contribution in [0.15, 0.2) is 0 Å². The van der Waals surface area contributed by atoms with E-state index in [1.54, 1.807) is 11.4 Å². The summed E-state index contributed by atoms with van der Waals surface area (Å²) in [6, 6.07) is 0.392. The highest BCUT2D eigenvalue weighted by molar-refractivity contribution is 7.86. The van der Waals surface area contributed by atoms with Gasteiger partial charge in [0.2, 0.25) is 0 Å². The second-order valence-electron chi connectivity index (χ2n) is 5.45. The number of aliphatic hydroxyl groups excluding tert-OH is 1. The first-order valence-corrected chi connectivity index (χ1v) is 8.51. The quantitative estimate of drug-likeness (QED) is 0.756. The third-order valence-electron chi connectivity index (χ3n) is 4.12. The van der Waals surface area contributed by atoms with Crippen molar-refractivity contribution in [1.82, 2.24) is 13.5 Å². The van der Waals surface area contributed by atoms with E-state index < -0.39 is 10.2 Å². The molecule has 2 fully saturated rings. The molecule has 1 atom stereocenters. The predicted octanol–water partition coefficient (Wildman–Crippen LogP) is -0.284. The minimum Gasteiger partial charge on any atom is -0.396 e. The van der Waals surface area contributed by atoms with Crippen molar-refractivity contribution < 1.29 is 13.5 Å². The van der Waals surface area contributed by atoms with Gasteiger partial charge in [0.1, 0.15) is 0 Å². The molecule has 0 aromatic heterocycles. The molecule has 0 saturated carbocycles. The Morgan fingerprint density at radius 2 is 2.00 bits per heavy atom. The average molecular weight is 291 g/mol. The van der Waals surface area contributed by atoms with Gasteiger partial charge in [0.15, 0.2) is 0 Å². The fourth-order valence-corrected chi connectivity index (χ4v) is 4.46. The van der Waals surface area contributed by atoms with Crippen molar-refractivity contribution in [2.75, 3.05) is 46.4 Å². The maximum absolute atomic E-state index is 12.5. The van der Waals surface area contributed by atoms with Crippen LogP contribution < -0.4 is 0 Å². The van der Waals surface area contributed by atoms with E-state index in [1.807, 2.05) is 0 Å². The molecule has 19 heavy (non-hydrogen) atoms. The molecule has 0 amide bonds. The van der Waals surface area contributed by atoms with Gasteiger partial charge in [0.25, 0.3) is 10.2 Å². The molecule has 2 rings (SSSR count). The summed E-state index contributed by atoms with van der Waals surface area (Å²) in [6.07, 6.45) is 3.67. The Morgan fingerprint density at radius 1 is 1.26 bits per heavy atom. The molecule has 1 N–H and O–H groups in total. The van der Waals surface area contributed by atoms with Crippen LogP contribution in [0.5, 0.6) is 0 Å². The van der Waals surface area contributed by atoms with Gasteiger partial charge < -0.3 is 5.11 Å². The first-order valence-electron chi connectivity index (χ1n) is 7.12. The van der Waals surface area contributed by atoms with Crippen molar-refractivity contribution in [3.63, 3.8) is 0 Å². The molecule has 2 saturated heterocycles. The molecule has 2 aliphatic heterocycles. The molecule has 6 nitrogen and oxygen atoms in total. The number of nitrogens with zero attached hydrogens (tertiary/aromatic N) is 3. The third kappa shape index (κ3) is 3.46. The first-order chi connectivity index (χ1) is 9.05. The van der Waals surface area contributed by atoms with Crippen molar-refractivity contribution in [2.45, 2.75) is 31.7 Å². The number of rotatable bonds is 5. The van der Waals surface area contributed by atoms with Gasteiger partial charge in [-0.15, -0.1) is 0 Å². The summed E-state index contributed by atoms with van der Waals surface area (Å²) in [5.41, 5.74) is 0. The Bertz CT molecular complexity index is 388. The van der Waals surface area contributed by atoms with Crippen LogP contribution in [-0.4, -0.2) is 79.5 Å². The summed E-state index contributed by atoms with van der Waals surface area (Å²) < 4.78 is 28.0. The highest BCUT2D eigenvalue weighted by atomic mass is 32.2. The molecule has 0 aliphatic carbocycles. The maximum atomic E-state index is 12.5. The van der Waals surface area contributed by atoms with E-state index >= 15 is 0 Å². The topological polar surface area (TPSA) is 64.1 Å². The largest absolute Gasteiger partial charge is 0.396 e. The Kier molecular flexibility index (Phi) is 5.19. The number of hydrogen-bond donors (Lipinski definition) is 1. The molecule has 0 aromatic rings. The van der Waals surface area contributed by atoms with Crippen LogP contribution in [0, 0.1) is 0 Å². The molecule has 0 bridgehead atoms. The minimum absolute atomic E-state index is 0.0241. The number of fused-ring (bicyclic) bond motifs is 1.